The molecule has 0 aromatic carbocycles. The van der Waals surface area contributed by atoms with Crippen molar-refractivity contribution in [3.05, 3.63) is 11.4 Å². The van der Waals surface area contributed by atoms with E-state index >= 15 is 0 Å². The van der Waals surface area contributed by atoms with E-state index in [1.54, 1.807) is 0 Å². The van der Waals surface area contributed by atoms with Crippen LogP contribution in [0.25, 0.3) is 0 Å². The number of nitrogens with two attached hydrogens (primary N) is 2. The zero-order chi connectivity index (χ0) is 9.02. The lowest BCUT2D eigenvalue weighted by atomic mass is 10.3. The Bertz CT molecular complexity index is 221. The predicted octanol–water partition coefficient (Wildman–Crippen LogP) is -1.63. The number of methoxy groups -OCH3 is 1. The van der Waals surface area contributed by atoms with Crippen LogP contribution in [0.2, 0.25) is 0 Å². The van der Waals surface area contributed by atoms with Gasteiger partial charge in [0.05, 0.1) is 7.11 Å². The maximum atomic E-state index is 10.5. The molecule has 0 saturated carbocycles. The Labute approximate surface area is 62.4 Å². The molecule has 62 valence electrons. The third-order valence-corrected chi connectivity index (χ3v) is 0.926. The van der Waals surface area contributed by atoms with Crippen molar-refractivity contribution < 1.29 is 19.4 Å². The van der Waals surface area contributed by atoms with Gasteiger partial charge in [0.25, 0.3) is 0 Å². The molecule has 0 aliphatic carbocycles. The monoisotopic (exact) mass is 160 g/mol. The van der Waals surface area contributed by atoms with E-state index in [9.17, 15) is 9.59 Å². The average Bonchev–Trinajstić information content (AvgIpc) is 2.00. The summed E-state index contributed by atoms with van der Waals surface area (Å²) in [5, 5.41) is 8.23. The van der Waals surface area contributed by atoms with E-state index < -0.39 is 23.3 Å². The molecule has 0 atom stereocenters. The van der Waals surface area contributed by atoms with Crippen molar-refractivity contribution in [3.8, 4) is 0 Å². The van der Waals surface area contributed by atoms with E-state index in [0.29, 0.717) is 0 Å². The molecule has 11 heavy (non-hydrogen) atoms. The van der Waals surface area contributed by atoms with E-state index in [4.69, 9.17) is 16.6 Å². The number of esters is 1. The molecule has 0 aromatic heterocycles. The van der Waals surface area contributed by atoms with Crippen LogP contribution in [0.3, 0.4) is 0 Å². The number of carboxylic acids is 1. The number of carbonyl (C=O) groups excluding carboxylic acids is 1. The maximum Gasteiger partial charge on any atom is 0.356 e. The topological polar surface area (TPSA) is 116 Å². The molecule has 0 spiro atoms. The number of hydrogen-bond acceptors (Lipinski definition) is 5. The number of rotatable bonds is 2. The third-order valence-electron chi connectivity index (χ3n) is 0.926. The van der Waals surface area contributed by atoms with Crippen LogP contribution in [0.1, 0.15) is 0 Å². The minimum Gasteiger partial charge on any atom is -0.477 e. The molecular formula is C5H8N2O4. The second-order valence-corrected chi connectivity index (χ2v) is 1.62. The highest BCUT2D eigenvalue weighted by Gasteiger charge is 2.14. The van der Waals surface area contributed by atoms with Crippen LogP contribution in [0, 0.1) is 0 Å². The molecule has 0 aliphatic heterocycles. The summed E-state index contributed by atoms with van der Waals surface area (Å²) in [7, 11) is 1.07. The number of carbonyl (C=O) groups is 2. The third kappa shape index (κ3) is 2.17. The molecule has 6 nitrogen and oxygen atoms in total. The van der Waals surface area contributed by atoms with Crippen molar-refractivity contribution in [2.75, 3.05) is 7.11 Å². The first-order valence-corrected chi connectivity index (χ1v) is 2.57. The minimum atomic E-state index is -1.45. The smallest absolute Gasteiger partial charge is 0.356 e. The summed E-state index contributed by atoms with van der Waals surface area (Å²) in [6.07, 6.45) is 0. The van der Waals surface area contributed by atoms with Crippen LogP contribution in [0.5, 0.6) is 0 Å². The Morgan fingerprint density at radius 2 is 1.73 bits per heavy atom. The second kappa shape index (κ2) is 3.45. The lowest BCUT2D eigenvalue weighted by molar-refractivity contribution is -0.138. The zero-order valence-electron chi connectivity index (χ0n) is 5.83. The van der Waals surface area contributed by atoms with E-state index in [1.807, 2.05) is 0 Å². The lowest BCUT2D eigenvalue weighted by Crippen LogP contribution is -2.23. The van der Waals surface area contributed by atoms with Crippen molar-refractivity contribution in [3.63, 3.8) is 0 Å². The van der Waals surface area contributed by atoms with Crippen LogP contribution in [-0.4, -0.2) is 24.2 Å². The molecule has 0 fully saturated rings. The Hall–Kier alpha value is -1.72. The van der Waals surface area contributed by atoms with Gasteiger partial charge in [0.2, 0.25) is 0 Å². The average molecular weight is 160 g/mol. The molecule has 0 radical (unpaired) electrons. The van der Waals surface area contributed by atoms with Gasteiger partial charge in [-0.2, -0.15) is 0 Å². The fourth-order valence-electron chi connectivity index (χ4n) is 0.335. The van der Waals surface area contributed by atoms with Crippen LogP contribution < -0.4 is 11.5 Å². The van der Waals surface area contributed by atoms with Gasteiger partial charge < -0.3 is 21.3 Å². The summed E-state index contributed by atoms with van der Waals surface area (Å²) in [6.45, 7) is 0. The zero-order valence-corrected chi connectivity index (χ0v) is 5.83. The van der Waals surface area contributed by atoms with Gasteiger partial charge in [0.15, 0.2) is 0 Å². The van der Waals surface area contributed by atoms with E-state index in [1.165, 1.54) is 0 Å². The molecule has 0 aromatic rings. The minimum absolute atomic E-state index is 0.597. The molecule has 0 heterocycles. The quantitative estimate of drug-likeness (QED) is 0.330. The SMILES string of the molecule is COC(=O)/C(N)=C(/N)C(=O)O. The Morgan fingerprint density at radius 3 is 2.00 bits per heavy atom. The van der Waals surface area contributed by atoms with Crippen molar-refractivity contribution in [1.29, 1.82) is 0 Å². The number of aliphatic carboxylic acids is 1. The van der Waals surface area contributed by atoms with Crippen molar-refractivity contribution in [2.45, 2.75) is 0 Å². The molecule has 6 heteroatoms. The second-order valence-electron chi connectivity index (χ2n) is 1.62. The molecular weight excluding hydrogens is 152 g/mol. The molecule has 0 rings (SSSR count). The van der Waals surface area contributed by atoms with Gasteiger partial charge in [-0.15, -0.1) is 0 Å². The normalized spacial score (nSPS) is 11.7. The van der Waals surface area contributed by atoms with E-state index in [-0.39, 0.29) is 0 Å². The highest BCUT2D eigenvalue weighted by atomic mass is 16.5. The van der Waals surface area contributed by atoms with Crippen LogP contribution >= 0.6 is 0 Å². The maximum absolute atomic E-state index is 10.5. The van der Waals surface area contributed by atoms with Gasteiger partial charge >= 0.3 is 11.9 Å². The van der Waals surface area contributed by atoms with Gasteiger partial charge in [0, 0.05) is 0 Å². The van der Waals surface area contributed by atoms with Crippen molar-refractivity contribution in [2.24, 2.45) is 11.5 Å². The summed E-state index contributed by atoms with van der Waals surface area (Å²) in [5.41, 5.74) is 8.55. The summed E-state index contributed by atoms with van der Waals surface area (Å²) in [6, 6.07) is 0. The highest BCUT2D eigenvalue weighted by Crippen LogP contribution is 1.93. The van der Waals surface area contributed by atoms with Crippen molar-refractivity contribution >= 4 is 11.9 Å². The Morgan fingerprint density at radius 1 is 1.27 bits per heavy atom. The Kier molecular flexibility index (Phi) is 2.91. The standard InChI is InChI=1S/C5H8N2O4/c1-11-5(10)3(7)2(6)4(8)9/h6-7H2,1H3,(H,8,9)/b3-2-. The van der Waals surface area contributed by atoms with E-state index in [2.05, 4.69) is 4.74 Å². The molecule has 0 unspecified atom stereocenters. The molecule has 0 aliphatic rings. The van der Waals surface area contributed by atoms with Gasteiger partial charge in [-0.1, -0.05) is 0 Å². The first-order chi connectivity index (χ1) is 5.00. The summed E-state index contributed by atoms with van der Waals surface area (Å²) in [5.74, 6) is -2.40. The van der Waals surface area contributed by atoms with Crippen LogP contribution in [0.15, 0.2) is 11.4 Å². The molecule has 0 amide bonds. The summed E-state index contributed by atoms with van der Waals surface area (Å²) in [4.78, 5) is 20.6. The first-order valence-electron chi connectivity index (χ1n) is 2.57. The van der Waals surface area contributed by atoms with E-state index in [0.717, 1.165) is 7.11 Å². The first kappa shape index (κ1) is 9.28. The fraction of sp³-hybridized carbons (Fsp3) is 0.200. The van der Waals surface area contributed by atoms with Gasteiger partial charge in [-0.3, -0.25) is 0 Å². The van der Waals surface area contributed by atoms with Gasteiger partial charge in [-0.25, -0.2) is 9.59 Å². The number of ether oxygens (including phenoxy) is 1. The molecule has 0 bridgehead atoms. The number of hydrogen-bond donors (Lipinski definition) is 3. The lowest BCUT2D eigenvalue weighted by Gasteiger charge is -1.99. The predicted molar refractivity (Wildman–Crippen MR) is 35.1 cm³/mol. The molecule has 0 saturated heterocycles. The van der Waals surface area contributed by atoms with Gasteiger partial charge in [0.1, 0.15) is 11.4 Å². The van der Waals surface area contributed by atoms with Gasteiger partial charge in [-0.05, 0) is 0 Å². The van der Waals surface area contributed by atoms with Crippen LogP contribution in [0.4, 0.5) is 0 Å². The Balaban J connectivity index is 4.66. The highest BCUT2D eigenvalue weighted by molar-refractivity contribution is 5.98. The fourth-order valence-corrected chi connectivity index (χ4v) is 0.335. The van der Waals surface area contributed by atoms with Crippen molar-refractivity contribution in [1.82, 2.24) is 0 Å². The number of carboxylic acid groups (broad SMARTS) is 1. The molecule has 5 N–H and O–H groups in total. The largest absolute Gasteiger partial charge is 0.477 e. The summed E-state index contributed by atoms with van der Waals surface area (Å²) >= 11 is 0. The van der Waals surface area contributed by atoms with Crippen LogP contribution in [-0.2, 0) is 14.3 Å². The summed E-state index contributed by atoms with van der Waals surface area (Å²) < 4.78 is 4.12.